The summed E-state index contributed by atoms with van der Waals surface area (Å²) in [7, 11) is -1.62. The summed E-state index contributed by atoms with van der Waals surface area (Å²) in [5.41, 5.74) is 1.30. The van der Waals surface area contributed by atoms with E-state index < -0.39 is 8.32 Å². The van der Waals surface area contributed by atoms with Gasteiger partial charge < -0.3 is 8.85 Å². The highest BCUT2D eigenvalue weighted by Crippen LogP contribution is 2.52. The Morgan fingerprint density at radius 3 is 1.96 bits per heavy atom. The third-order valence-electron chi connectivity index (χ3n) is 6.11. The molecule has 25 heavy (non-hydrogen) atoms. The van der Waals surface area contributed by atoms with Crippen LogP contribution in [0.1, 0.15) is 86.0 Å². The van der Waals surface area contributed by atoms with Gasteiger partial charge in [0, 0.05) is 5.60 Å². The van der Waals surface area contributed by atoms with E-state index in [1.807, 2.05) is 6.92 Å². The van der Waals surface area contributed by atoms with E-state index in [1.54, 1.807) is 0 Å². The Balaban J connectivity index is 2.01. The first kappa shape index (κ1) is 21.2. The smallest absolute Gasteiger partial charge is 0.295 e. The van der Waals surface area contributed by atoms with Gasteiger partial charge in [0.25, 0.3) is 14.3 Å². The number of hydrogen-bond acceptors (Lipinski definition) is 3. The molecule has 3 nitrogen and oxygen atoms in total. The van der Waals surface area contributed by atoms with Crippen LogP contribution in [0, 0.1) is 5.92 Å². The van der Waals surface area contributed by atoms with Crippen LogP contribution in [-0.2, 0) is 13.6 Å². The number of carbonyl (C=O) groups is 1. The Hall–Kier alpha value is -0.136. The summed E-state index contributed by atoms with van der Waals surface area (Å²) in [4.78, 5) is 12.9. The van der Waals surface area contributed by atoms with E-state index in [0.29, 0.717) is 20.8 Å². The molecule has 0 bridgehead atoms. The molecular weight excluding hydrogens is 344 g/mol. The van der Waals surface area contributed by atoms with E-state index in [0.717, 1.165) is 12.1 Å². The lowest BCUT2D eigenvalue weighted by Gasteiger charge is -2.41. The second kappa shape index (κ2) is 9.18. The van der Waals surface area contributed by atoms with Crippen LogP contribution >= 0.6 is 0 Å². The van der Waals surface area contributed by atoms with Gasteiger partial charge in [-0.05, 0) is 69.6 Å². The van der Waals surface area contributed by atoms with Crippen LogP contribution in [0.4, 0.5) is 0 Å². The van der Waals surface area contributed by atoms with Crippen molar-refractivity contribution in [3.63, 3.8) is 0 Å². The SMILES string of the molecule is CC[Si](OC(=O)C(C)C[Si]OC(C)(C)C)(C1CCCC1)C1CCCC1. The fraction of sp³-hybridized carbons (Fsp3) is 0.950. The van der Waals surface area contributed by atoms with Gasteiger partial charge >= 0.3 is 0 Å². The van der Waals surface area contributed by atoms with Crippen LogP contribution in [-0.4, -0.2) is 29.7 Å². The monoisotopic (exact) mass is 382 g/mol. The van der Waals surface area contributed by atoms with Gasteiger partial charge in [-0.2, -0.15) is 0 Å². The van der Waals surface area contributed by atoms with Gasteiger partial charge in [0.05, 0.1) is 5.92 Å². The minimum absolute atomic E-state index is 0.0399. The standard InChI is InChI=1S/C20H38O3Si2/c1-6-25(17-11-7-8-12-17,18-13-9-10-14-18)22-19(21)16(2)15-24-23-20(3,4)5/h16-18H,6-15H2,1-5H3. The molecule has 0 N–H and O–H groups in total. The maximum Gasteiger partial charge on any atom is 0.295 e. The normalized spacial score (nSPS) is 21.6. The summed E-state index contributed by atoms with van der Waals surface area (Å²) in [6.45, 7) is 10.5. The molecule has 2 aliphatic rings. The van der Waals surface area contributed by atoms with Crippen molar-refractivity contribution in [2.75, 3.05) is 0 Å². The largest absolute Gasteiger partial charge is 0.518 e. The second-order valence-electron chi connectivity index (χ2n) is 9.16. The van der Waals surface area contributed by atoms with Crippen LogP contribution in [0.3, 0.4) is 0 Å². The van der Waals surface area contributed by atoms with E-state index in [9.17, 15) is 4.79 Å². The van der Waals surface area contributed by atoms with Crippen LogP contribution < -0.4 is 0 Å². The molecule has 2 saturated carbocycles. The third-order valence-corrected chi connectivity index (χ3v) is 13.2. The molecule has 1 atom stereocenters. The van der Waals surface area contributed by atoms with Crippen molar-refractivity contribution >= 4 is 24.0 Å². The zero-order valence-electron chi connectivity index (χ0n) is 17.0. The fourth-order valence-corrected chi connectivity index (χ4v) is 11.3. The highest BCUT2D eigenvalue weighted by molar-refractivity contribution is 6.78. The summed E-state index contributed by atoms with van der Waals surface area (Å²) in [5, 5.41) is 0. The van der Waals surface area contributed by atoms with E-state index in [2.05, 4.69) is 27.7 Å². The van der Waals surface area contributed by atoms with Crippen molar-refractivity contribution < 1.29 is 13.6 Å². The average molecular weight is 383 g/mol. The molecule has 0 aromatic carbocycles. The topological polar surface area (TPSA) is 35.5 Å². The molecule has 2 aliphatic carbocycles. The summed E-state index contributed by atoms with van der Waals surface area (Å²) in [6.07, 6.45) is 10.5. The first-order valence-corrected chi connectivity index (χ1v) is 13.8. The maximum absolute atomic E-state index is 12.9. The molecule has 0 aromatic rings. The Labute approximate surface area is 158 Å². The molecule has 0 aromatic heterocycles. The van der Waals surface area contributed by atoms with E-state index >= 15 is 0 Å². The molecule has 144 valence electrons. The highest BCUT2D eigenvalue weighted by Gasteiger charge is 2.52. The molecule has 1 unspecified atom stereocenters. The highest BCUT2D eigenvalue weighted by atomic mass is 28.4. The van der Waals surface area contributed by atoms with Gasteiger partial charge in [-0.15, -0.1) is 0 Å². The minimum Gasteiger partial charge on any atom is -0.518 e. The summed E-state index contributed by atoms with van der Waals surface area (Å²) in [5.74, 6) is 0.0271. The molecule has 0 heterocycles. The predicted octanol–water partition coefficient (Wildman–Crippen LogP) is 5.87. The molecule has 2 fully saturated rings. The zero-order valence-corrected chi connectivity index (χ0v) is 19.0. The average Bonchev–Trinajstić information content (AvgIpc) is 3.24. The lowest BCUT2D eigenvalue weighted by molar-refractivity contribution is -0.139. The van der Waals surface area contributed by atoms with Crippen LogP contribution in [0.2, 0.25) is 23.2 Å². The molecule has 0 saturated heterocycles. The third kappa shape index (κ3) is 5.67. The van der Waals surface area contributed by atoms with Crippen molar-refractivity contribution in [2.24, 2.45) is 5.92 Å². The quantitative estimate of drug-likeness (QED) is 0.492. The van der Waals surface area contributed by atoms with Crippen LogP contribution in [0.5, 0.6) is 0 Å². The fourth-order valence-electron chi connectivity index (χ4n) is 4.73. The first-order chi connectivity index (χ1) is 11.8. The van der Waals surface area contributed by atoms with Gasteiger partial charge in [0.15, 0.2) is 0 Å². The van der Waals surface area contributed by atoms with Crippen molar-refractivity contribution in [3.05, 3.63) is 0 Å². The Morgan fingerprint density at radius 2 is 1.56 bits per heavy atom. The summed E-state index contributed by atoms with van der Waals surface area (Å²) >= 11 is 0. The number of rotatable bonds is 8. The molecule has 2 rings (SSSR count). The lowest BCUT2D eigenvalue weighted by atomic mass is 10.2. The molecule has 2 radical (unpaired) electrons. The summed E-state index contributed by atoms with van der Waals surface area (Å²) in [6, 6.07) is 1.90. The van der Waals surface area contributed by atoms with Crippen molar-refractivity contribution in [2.45, 2.75) is 115 Å². The van der Waals surface area contributed by atoms with Gasteiger partial charge in [0.1, 0.15) is 0 Å². The second-order valence-corrected chi connectivity index (χ2v) is 14.5. The molecule has 5 heteroatoms. The van der Waals surface area contributed by atoms with Gasteiger partial charge in [-0.3, -0.25) is 4.79 Å². The van der Waals surface area contributed by atoms with Crippen molar-refractivity contribution in [1.29, 1.82) is 0 Å². The number of carbonyl (C=O) groups excluding carboxylic acids is 1. The first-order valence-electron chi connectivity index (χ1n) is 10.4. The Kier molecular flexibility index (Phi) is 7.77. The van der Waals surface area contributed by atoms with Crippen molar-refractivity contribution in [3.8, 4) is 0 Å². The number of hydrogen-bond donors (Lipinski definition) is 0. The van der Waals surface area contributed by atoms with E-state index in [4.69, 9.17) is 8.85 Å². The lowest BCUT2D eigenvalue weighted by Crippen LogP contribution is -2.48. The van der Waals surface area contributed by atoms with Gasteiger partial charge in [-0.1, -0.05) is 39.5 Å². The van der Waals surface area contributed by atoms with E-state index in [1.165, 1.54) is 51.4 Å². The van der Waals surface area contributed by atoms with Crippen LogP contribution in [0.25, 0.3) is 0 Å². The summed E-state index contributed by atoms with van der Waals surface area (Å²) < 4.78 is 12.4. The molecular formula is C20H38O3Si2. The minimum atomic E-state index is -1.99. The predicted molar refractivity (Wildman–Crippen MR) is 107 cm³/mol. The Morgan fingerprint density at radius 1 is 1.08 bits per heavy atom. The van der Waals surface area contributed by atoms with E-state index in [-0.39, 0.29) is 17.5 Å². The van der Waals surface area contributed by atoms with Crippen molar-refractivity contribution in [1.82, 2.24) is 0 Å². The molecule has 0 aliphatic heterocycles. The van der Waals surface area contributed by atoms with Gasteiger partial charge in [-0.25, -0.2) is 0 Å². The Bertz CT molecular complexity index is 405. The van der Waals surface area contributed by atoms with Gasteiger partial charge in [0.2, 0.25) is 9.76 Å². The van der Waals surface area contributed by atoms with Crippen LogP contribution in [0.15, 0.2) is 0 Å². The molecule has 0 spiro atoms. The zero-order chi connectivity index (χ0) is 18.5. The maximum atomic E-state index is 12.9. The molecule has 0 amide bonds.